The van der Waals surface area contributed by atoms with Crippen LogP contribution >= 0.6 is 0 Å². The van der Waals surface area contributed by atoms with Gasteiger partial charge >= 0.3 is 5.97 Å². The second-order valence-corrected chi connectivity index (χ2v) is 5.80. The normalized spacial score (nSPS) is 15.0. The number of aromatic nitrogens is 1. The molecule has 0 saturated carbocycles. The molecule has 0 bridgehead atoms. The summed E-state index contributed by atoms with van der Waals surface area (Å²) in [5.74, 6) is -0.578. The number of hydrogen-bond acceptors (Lipinski definition) is 5. The Labute approximate surface area is 141 Å². The summed E-state index contributed by atoms with van der Waals surface area (Å²) in [6.07, 6.45) is 4.23. The van der Waals surface area contributed by atoms with Crippen molar-refractivity contribution in [2.75, 3.05) is 20.2 Å². The minimum absolute atomic E-state index is 0.0326. The minimum atomic E-state index is -0.487. The lowest BCUT2D eigenvalue weighted by Gasteiger charge is -2.32. The molecule has 0 aliphatic carbocycles. The fourth-order valence-electron chi connectivity index (χ4n) is 2.67. The summed E-state index contributed by atoms with van der Waals surface area (Å²) in [6.45, 7) is 3.32. The van der Waals surface area contributed by atoms with Crippen LogP contribution in [0.4, 0.5) is 0 Å². The third kappa shape index (κ3) is 4.53. The number of carbonyl (C=O) groups is 3. The van der Waals surface area contributed by atoms with Crippen molar-refractivity contribution in [3.8, 4) is 0 Å². The molecular weight excluding hydrogens is 310 g/mol. The van der Waals surface area contributed by atoms with Gasteiger partial charge in [0, 0.05) is 31.7 Å². The number of methoxy groups -OCH3 is 1. The maximum Gasteiger partial charge on any atom is 0.339 e. The molecule has 1 aromatic rings. The summed E-state index contributed by atoms with van der Waals surface area (Å²) in [7, 11) is 1.29. The summed E-state index contributed by atoms with van der Waals surface area (Å²) in [6, 6.07) is 3.05. The van der Waals surface area contributed by atoms with Crippen LogP contribution < -0.4 is 5.32 Å². The summed E-state index contributed by atoms with van der Waals surface area (Å²) in [4.78, 5) is 41.3. The van der Waals surface area contributed by atoms with Gasteiger partial charge in [0.1, 0.15) is 5.69 Å². The van der Waals surface area contributed by atoms with Gasteiger partial charge in [0.25, 0.3) is 5.91 Å². The number of nitrogens with zero attached hydrogens (tertiary/aromatic N) is 2. The van der Waals surface area contributed by atoms with Crippen molar-refractivity contribution in [1.82, 2.24) is 15.2 Å². The predicted octanol–water partition coefficient (Wildman–Crippen LogP) is 1.39. The fraction of sp³-hybridized carbons (Fsp3) is 0.529. The van der Waals surface area contributed by atoms with Gasteiger partial charge in [-0.2, -0.15) is 0 Å². The van der Waals surface area contributed by atoms with E-state index in [1.165, 1.54) is 25.4 Å². The van der Waals surface area contributed by atoms with Crippen LogP contribution in [0.1, 0.15) is 53.5 Å². The third-order valence-electron chi connectivity index (χ3n) is 4.06. The van der Waals surface area contributed by atoms with Crippen molar-refractivity contribution in [2.24, 2.45) is 0 Å². The van der Waals surface area contributed by atoms with Gasteiger partial charge in [0.2, 0.25) is 5.91 Å². The molecule has 24 heavy (non-hydrogen) atoms. The van der Waals surface area contributed by atoms with Gasteiger partial charge in [0.15, 0.2) is 0 Å². The van der Waals surface area contributed by atoms with Gasteiger partial charge in [-0.3, -0.25) is 14.6 Å². The Morgan fingerprint density at radius 2 is 2.00 bits per heavy atom. The summed E-state index contributed by atoms with van der Waals surface area (Å²) < 4.78 is 4.59. The van der Waals surface area contributed by atoms with Gasteiger partial charge in [-0.15, -0.1) is 0 Å². The molecule has 7 nitrogen and oxygen atoms in total. The molecule has 130 valence electrons. The van der Waals surface area contributed by atoms with E-state index in [0.29, 0.717) is 25.1 Å². The molecule has 2 amide bonds. The Hall–Kier alpha value is -2.44. The molecule has 2 heterocycles. The molecule has 0 radical (unpaired) electrons. The first-order chi connectivity index (χ1) is 11.5. The van der Waals surface area contributed by atoms with Crippen molar-refractivity contribution in [3.63, 3.8) is 0 Å². The van der Waals surface area contributed by atoms with E-state index < -0.39 is 5.97 Å². The number of esters is 1. The zero-order chi connectivity index (χ0) is 17.5. The number of pyridine rings is 1. The number of hydrogen-bond donors (Lipinski definition) is 1. The van der Waals surface area contributed by atoms with E-state index in [-0.39, 0.29) is 23.6 Å². The Balaban J connectivity index is 1.85. The molecule has 1 saturated heterocycles. The number of piperidine rings is 1. The van der Waals surface area contributed by atoms with Crippen molar-refractivity contribution in [3.05, 3.63) is 29.6 Å². The lowest BCUT2D eigenvalue weighted by molar-refractivity contribution is -0.132. The van der Waals surface area contributed by atoms with Crippen LogP contribution in [-0.2, 0) is 9.53 Å². The molecule has 1 aliphatic heterocycles. The molecule has 1 aliphatic rings. The summed E-state index contributed by atoms with van der Waals surface area (Å²) in [5.41, 5.74) is 0.559. The summed E-state index contributed by atoms with van der Waals surface area (Å²) in [5, 5.41) is 2.93. The molecule has 2 rings (SSSR count). The fourth-order valence-corrected chi connectivity index (χ4v) is 2.67. The molecule has 7 heteroatoms. The van der Waals surface area contributed by atoms with Crippen molar-refractivity contribution in [1.29, 1.82) is 0 Å². The SMILES string of the molecule is CCCC(=O)N1CCC(NC(=O)c2ccc(C(=O)OC)cn2)CC1. The Morgan fingerprint density at radius 1 is 1.29 bits per heavy atom. The molecule has 0 aromatic carbocycles. The van der Waals surface area contributed by atoms with Crippen molar-refractivity contribution in [2.45, 2.75) is 38.6 Å². The van der Waals surface area contributed by atoms with E-state index in [1.54, 1.807) is 0 Å². The molecule has 0 spiro atoms. The second-order valence-electron chi connectivity index (χ2n) is 5.80. The average Bonchev–Trinajstić information content (AvgIpc) is 2.62. The maximum atomic E-state index is 12.2. The number of rotatable bonds is 5. The van der Waals surface area contributed by atoms with E-state index in [0.717, 1.165) is 19.3 Å². The lowest BCUT2D eigenvalue weighted by Crippen LogP contribution is -2.46. The van der Waals surface area contributed by atoms with E-state index >= 15 is 0 Å². The molecule has 1 aromatic heterocycles. The van der Waals surface area contributed by atoms with Crippen LogP contribution in [0.3, 0.4) is 0 Å². The molecular formula is C17H23N3O4. The number of nitrogens with one attached hydrogen (secondary N) is 1. The highest BCUT2D eigenvalue weighted by Crippen LogP contribution is 2.13. The molecule has 0 unspecified atom stereocenters. The summed E-state index contributed by atoms with van der Waals surface area (Å²) >= 11 is 0. The van der Waals surface area contributed by atoms with Crippen LogP contribution in [0.25, 0.3) is 0 Å². The smallest absolute Gasteiger partial charge is 0.339 e. The number of amides is 2. The predicted molar refractivity (Wildman–Crippen MR) is 87.6 cm³/mol. The highest BCUT2D eigenvalue weighted by Gasteiger charge is 2.24. The maximum absolute atomic E-state index is 12.2. The monoisotopic (exact) mass is 333 g/mol. The Morgan fingerprint density at radius 3 is 2.54 bits per heavy atom. The zero-order valence-corrected chi connectivity index (χ0v) is 14.1. The first-order valence-electron chi connectivity index (χ1n) is 8.18. The van der Waals surface area contributed by atoms with E-state index in [4.69, 9.17) is 0 Å². The van der Waals surface area contributed by atoms with E-state index in [2.05, 4.69) is 15.0 Å². The molecule has 1 N–H and O–H groups in total. The van der Waals surface area contributed by atoms with Gasteiger partial charge in [-0.05, 0) is 31.4 Å². The van der Waals surface area contributed by atoms with Gasteiger partial charge in [-0.25, -0.2) is 4.79 Å². The third-order valence-corrected chi connectivity index (χ3v) is 4.06. The topological polar surface area (TPSA) is 88.6 Å². The van der Waals surface area contributed by atoms with Gasteiger partial charge in [-0.1, -0.05) is 6.92 Å². The largest absolute Gasteiger partial charge is 0.465 e. The first kappa shape index (κ1) is 17.9. The van der Waals surface area contributed by atoms with Crippen LogP contribution in [-0.4, -0.2) is 53.9 Å². The zero-order valence-electron chi connectivity index (χ0n) is 14.1. The van der Waals surface area contributed by atoms with E-state index in [1.807, 2.05) is 11.8 Å². The lowest BCUT2D eigenvalue weighted by atomic mass is 10.0. The quantitative estimate of drug-likeness (QED) is 0.823. The second kappa shape index (κ2) is 8.42. The van der Waals surface area contributed by atoms with E-state index in [9.17, 15) is 14.4 Å². The van der Waals surface area contributed by atoms with Crippen LogP contribution in [0.15, 0.2) is 18.3 Å². The highest BCUT2D eigenvalue weighted by atomic mass is 16.5. The van der Waals surface area contributed by atoms with Crippen molar-refractivity contribution >= 4 is 17.8 Å². The number of carbonyl (C=O) groups excluding carboxylic acids is 3. The minimum Gasteiger partial charge on any atom is -0.465 e. The van der Waals surface area contributed by atoms with Crippen molar-refractivity contribution < 1.29 is 19.1 Å². The Kier molecular flexibility index (Phi) is 6.28. The number of ether oxygens (including phenoxy) is 1. The molecule has 0 atom stereocenters. The highest BCUT2D eigenvalue weighted by molar-refractivity contribution is 5.94. The Bertz CT molecular complexity index is 592. The number of likely N-dealkylation sites (tertiary alicyclic amines) is 1. The van der Waals surface area contributed by atoms with Crippen LogP contribution in [0, 0.1) is 0 Å². The average molecular weight is 333 g/mol. The van der Waals surface area contributed by atoms with Crippen LogP contribution in [0.2, 0.25) is 0 Å². The van der Waals surface area contributed by atoms with Gasteiger partial charge in [0.05, 0.1) is 12.7 Å². The van der Waals surface area contributed by atoms with Crippen LogP contribution in [0.5, 0.6) is 0 Å². The first-order valence-corrected chi connectivity index (χ1v) is 8.18. The van der Waals surface area contributed by atoms with Gasteiger partial charge < -0.3 is 15.0 Å². The standard InChI is InChI=1S/C17H23N3O4/c1-3-4-15(21)20-9-7-13(8-10-20)19-16(22)14-6-5-12(11-18-14)17(23)24-2/h5-6,11,13H,3-4,7-10H2,1-2H3,(H,19,22). The molecule has 1 fully saturated rings.